The molecule has 0 bridgehead atoms. The fraction of sp³-hybridized carbons (Fsp3) is 0.440. The number of carbonyl (C=O) groups excluding carboxylic acids is 1. The van der Waals surface area contributed by atoms with E-state index in [0.717, 1.165) is 40.3 Å². The summed E-state index contributed by atoms with van der Waals surface area (Å²) in [6, 6.07) is 10.2. The number of thiophene rings is 1. The molecule has 1 aliphatic rings. The van der Waals surface area contributed by atoms with Gasteiger partial charge in [0.1, 0.15) is 4.83 Å². The molecule has 5 rings (SSSR count). The molecule has 0 saturated heterocycles. The monoisotopic (exact) mass is 527 g/mol. The van der Waals surface area contributed by atoms with E-state index in [1.807, 2.05) is 35.8 Å². The van der Waals surface area contributed by atoms with Gasteiger partial charge >= 0.3 is 0 Å². The number of hydrogen-bond donors (Lipinski definition) is 1. The zero-order valence-corrected chi connectivity index (χ0v) is 22.8. The van der Waals surface area contributed by atoms with E-state index in [2.05, 4.69) is 41.5 Å². The average molecular weight is 528 g/mol. The molecule has 1 N–H and O–H groups in total. The molecule has 10 heteroatoms. The van der Waals surface area contributed by atoms with Gasteiger partial charge in [0.2, 0.25) is 5.91 Å². The summed E-state index contributed by atoms with van der Waals surface area (Å²) in [5.41, 5.74) is 3.13. The number of aromatic nitrogens is 4. The quantitative estimate of drug-likeness (QED) is 0.251. The minimum atomic E-state index is -0.178. The van der Waals surface area contributed by atoms with Crippen molar-refractivity contribution in [2.75, 3.05) is 12.0 Å². The van der Waals surface area contributed by atoms with Crippen LogP contribution in [0.3, 0.4) is 0 Å². The predicted molar refractivity (Wildman–Crippen MR) is 144 cm³/mol. The summed E-state index contributed by atoms with van der Waals surface area (Å²) in [5.74, 6) is 0.258. The van der Waals surface area contributed by atoms with Crippen LogP contribution in [0.5, 0.6) is 0 Å². The van der Waals surface area contributed by atoms with Crippen LogP contribution < -0.4 is 5.32 Å². The van der Waals surface area contributed by atoms with E-state index in [1.54, 1.807) is 23.1 Å². The molecule has 1 amide bonds. The molecular weight excluding hydrogens is 499 g/mol. The molecule has 0 aliphatic carbocycles. The molecule has 0 spiro atoms. The van der Waals surface area contributed by atoms with Crippen molar-refractivity contribution in [2.45, 2.75) is 68.6 Å². The molecule has 184 valence electrons. The first-order valence-electron chi connectivity index (χ1n) is 11.7. The maximum absolute atomic E-state index is 12.7. The van der Waals surface area contributed by atoms with Crippen LogP contribution in [0.4, 0.5) is 0 Å². The smallest absolute Gasteiger partial charge is 0.230 e. The van der Waals surface area contributed by atoms with Crippen molar-refractivity contribution in [3.8, 4) is 0 Å². The van der Waals surface area contributed by atoms with E-state index in [9.17, 15) is 4.79 Å². The summed E-state index contributed by atoms with van der Waals surface area (Å²) < 4.78 is 8.17. The summed E-state index contributed by atoms with van der Waals surface area (Å²) in [6.45, 7) is 6.97. The number of hydrogen-bond acceptors (Lipinski definition) is 8. The van der Waals surface area contributed by atoms with Gasteiger partial charge in [-0.1, -0.05) is 60.8 Å². The van der Waals surface area contributed by atoms with Crippen LogP contribution in [-0.2, 0) is 29.0 Å². The Hall–Kier alpha value is -2.14. The fourth-order valence-electron chi connectivity index (χ4n) is 4.44. The summed E-state index contributed by atoms with van der Waals surface area (Å²) in [6.07, 6.45) is 4.59. The number of thioether (sulfide) groups is 2. The molecule has 7 nitrogen and oxygen atoms in total. The van der Waals surface area contributed by atoms with Gasteiger partial charge in [0.15, 0.2) is 16.0 Å². The van der Waals surface area contributed by atoms with E-state index in [4.69, 9.17) is 9.72 Å². The minimum Gasteiger partial charge on any atom is -0.369 e. The molecule has 2 atom stereocenters. The van der Waals surface area contributed by atoms with Crippen LogP contribution in [0.2, 0.25) is 0 Å². The normalized spacial score (nSPS) is 18.6. The van der Waals surface area contributed by atoms with Gasteiger partial charge in [-0.2, -0.15) is 0 Å². The number of carbonyl (C=O) groups is 1. The standard InChI is InChI=1S/C25H29N5O2S3/c1-5-25(3)12-17-18(13-32-25)35-22-20(17)21-28-29-24(30(21)23(27-22)33-4)34-14-19(31)26-15(2)11-16-9-7-6-8-10-16/h6-10,15H,5,11-14H2,1-4H3,(H,26,31)/t15-,25-/m1/s1. The van der Waals surface area contributed by atoms with E-state index in [-0.39, 0.29) is 23.3 Å². The van der Waals surface area contributed by atoms with E-state index in [1.165, 1.54) is 27.8 Å². The summed E-state index contributed by atoms with van der Waals surface area (Å²) in [4.78, 5) is 19.8. The first kappa shape index (κ1) is 24.5. The number of fused-ring (bicyclic) bond motifs is 5. The number of rotatable bonds is 8. The Morgan fingerprint density at radius 3 is 2.83 bits per heavy atom. The van der Waals surface area contributed by atoms with Crippen molar-refractivity contribution >= 4 is 56.6 Å². The average Bonchev–Trinajstić information content (AvgIpc) is 3.43. The zero-order valence-electron chi connectivity index (χ0n) is 20.3. The molecule has 0 unspecified atom stereocenters. The van der Waals surface area contributed by atoms with E-state index in [0.29, 0.717) is 11.8 Å². The second-order valence-corrected chi connectivity index (χ2v) is 11.9. The van der Waals surface area contributed by atoms with Crippen LogP contribution >= 0.6 is 34.9 Å². The number of nitrogens with zero attached hydrogens (tertiary/aromatic N) is 4. The molecule has 4 heterocycles. The molecule has 1 aliphatic heterocycles. The van der Waals surface area contributed by atoms with E-state index >= 15 is 0 Å². The number of benzene rings is 1. The Labute approximate surface area is 217 Å². The highest BCUT2D eigenvalue weighted by molar-refractivity contribution is 8.00. The molecule has 4 aromatic rings. The topological polar surface area (TPSA) is 81.4 Å². The van der Waals surface area contributed by atoms with Gasteiger partial charge in [-0.25, -0.2) is 9.38 Å². The highest BCUT2D eigenvalue weighted by atomic mass is 32.2. The largest absolute Gasteiger partial charge is 0.369 e. The molecule has 1 aromatic carbocycles. The third-order valence-electron chi connectivity index (χ3n) is 6.47. The Morgan fingerprint density at radius 2 is 2.09 bits per heavy atom. The van der Waals surface area contributed by atoms with Crippen LogP contribution in [0.25, 0.3) is 15.9 Å². The first-order valence-corrected chi connectivity index (χ1v) is 14.8. The summed E-state index contributed by atoms with van der Waals surface area (Å²) in [5, 5.41) is 14.7. The number of ether oxygens (including phenoxy) is 1. The predicted octanol–water partition coefficient (Wildman–Crippen LogP) is 5.14. The molecule has 0 radical (unpaired) electrons. The van der Waals surface area contributed by atoms with Crippen molar-refractivity contribution in [1.82, 2.24) is 24.9 Å². The Bertz CT molecular complexity index is 1370. The SMILES string of the molecule is CC[C@]1(C)Cc2c(sc3nc(SC)n4c(SCC(=O)N[C@H](C)Cc5ccccc5)nnc4c23)CO1. The summed E-state index contributed by atoms with van der Waals surface area (Å²) in [7, 11) is 0. The lowest BCUT2D eigenvalue weighted by atomic mass is 9.90. The maximum atomic E-state index is 12.7. The van der Waals surface area contributed by atoms with Crippen molar-refractivity contribution in [1.29, 1.82) is 0 Å². The lowest BCUT2D eigenvalue weighted by molar-refractivity contribution is -0.119. The first-order chi connectivity index (χ1) is 16.9. The second kappa shape index (κ2) is 10.1. The minimum absolute atomic E-state index is 0.0151. The third kappa shape index (κ3) is 4.94. The van der Waals surface area contributed by atoms with Crippen molar-refractivity contribution < 1.29 is 9.53 Å². The number of amides is 1. The highest BCUT2D eigenvalue weighted by Crippen LogP contribution is 2.42. The van der Waals surface area contributed by atoms with Gasteiger partial charge in [-0.15, -0.1) is 21.5 Å². The number of nitrogens with one attached hydrogen (secondary N) is 1. The van der Waals surface area contributed by atoms with Crippen LogP contribution in [0, 0.1) is 0 Å². The lowest BCUT2D eigenvalue weighted by Crippen LogP contribution is -2.35. The van der Waals surface area contributed by atoms with Gasteiger partial charge in [0.05, 0.1) is 23.3 Å². The highest BCUT2D eigenvalue weighted by Gasteiger charge is 2.33. The Kier molecular flexibility index (Phi) is 7.07. The molecule has 3 aromatic heterocycles. The zero-order chi connectivity index (χ0) is 24.6. The maximum Gasteiger partial charge on any atom is 0.230 e. The molecule has 0 saturated carbocycles. The lowest BCUT2D eigenvalue weighted by Gasteiger charge is -2.32. The van der Waals surface area contributed by atoms with Gasteiger partial charge in [-0.3, -0.25) is 4.79 Å². The molecular formula is C25H29N5O2S3. The van der Waals surface area contributed by atoms with Crippen LogP contribution in [-0.4, -0.2) is 49.1 Å². The fourth-order valence-corrected chi connectivity index (χ4v) is 6.93. The van der Waals surface area contributed by atoms with Crippen molar-refractivity contribution in [3.63, 3.8) is 0 Å². The summed E-state index contributed by atoms with van der Waals surface area (Å²) >= 11 is 4.65. The van der Waals surface area contributed by atoms with E-state index < -0.39 is 0 Å². The molecule has 0 fully saturated rings. The van der Waals surface area contributed by atoms with Gasteiger partial charge in [0, 0.05) is 17.3 Å². The van der Waals surface area contributed by atoms with Crippen LogP contribution in [0.1, 0.15) is 43.2 Å². The van der Waals surface area contributed by atoms with Gasteiger partial charge < -0.3 is 10.1 Å². The van der Waals surface area contributed by atoms with Gasteiger partial charge in [0.25, 0.3) is 0 Å². The Morgan fingerprint density at radius 1 is 1.29 bits per heavy atom. The van der Waals surface area contributed by atoms with Crippen LogP contribution in [0.15, 0.2) is 40.6 Å². The second-order valence-electron chi connectivity index (χ2n) is 9.14. The third-order valence-corrected chi connectivity index (χ3v) is 9.14. The van der Waals surface area contributed by atoms with Gasteiger partial charge in [-0.05, 0) is 44.1 Å². The Balaban J connectivity index is 1.38. The van der Waals surface area contributed by atoms with Crippen molar-refractivity contribution in [2.24, 2.45) is 0 Å². The molecule has 35 heavy (non-hydrogen) atoms. The van der Waals surface area contributed by atoms with Crippen molar-refractivity contribution in [3.05, 3.63) is 46.3 Å².